The van der Waals surface area contributed by atoms with Gasteiger partial charge < -0.3 is 24.8 Å². The first kappa shape index (κ1) is 28.0. The number of carbonyl (C=O) groups excluding carboxylic acids is 1. The van der Waals surface area contributed by atoms with Crippen molar-refractivity contribution >= 4 is 18.6 Å². The molecule has 0 radical (unpaired) electrons. The summed E-state index contributed by atoms with van der Waals surface area (Å²) >= 11 is 2.34. The van der Waals surface area contributed by atoms with Gasteiger partial charge in [0.1, 0.15) is 0 Å². The minimum atomic E-state index is 0. The van der Waals surface area contributed by atoms with Gasteiger partial charge in [0.2, 0.25) is 0 Å². The Labute approximate surface area is 202 Å². The fourth-order valence-electron chi connectivity index (χ4n) is 5.80. The molecule has 29 heavy (non-hydrogen) atoms. The molecule has 4 aliphatic rings. The summed E-state index contributed by atoms with van der Waals surface area (Å²) in [6.45, 7) is 0.908. The van der Waals surface area contributed by atoms with Crippen LogP contribution < -0.4 is 24.8 Å². The number of likely N-dealkylation sites (tertiary alicyclic amines) is 1. The molecule has 1 amide bonds. The molecule has 1 saturated heterocycles. The van der Waals surface area contributed by atoms with E-state index in [-0.39, 0.29) is 30.7 Å². The number of nitrogens with zero attached hydrogens (tertiary/aromatic N) is 1. The van der Waals surface area contributed by atoms with Gasteiger partial charge in [0.05, 0.1) is 0 Å². The standard InChI is InChI=1S/C18H33P.C5H7NO.2ClH.Ru/c1-4-10-16(11-5-1)19(17-12-6-2-7-13-17)18-14-8-3-9-15-18;1-6-4-2-3-5(6)7;;;/h16-18H,1-15H2;1H,2-4H2;2*1H;/q;;;;+2/p-2. The summed E-state index contributed by atoms with van der Waals surface area (Å²) in [5, 5.41) is 0. The second kappa shape index (κ2) is 15.7. The number of hydrogen-bond acceptors (Lipinski definition) is 1. The van der Waals surface area contributed by atoms with Crippen LogP contribution in [0, 0.1) is 0 Å². The Morgan fingerprint density at radius 2 is 1.07 bits per heavy atom. The molecule has 0 N–H and O–H groups in total. The van der Waals surface area contributed by atoms with E-state index in [1.165, 1.54) is 36.2 Å². The van der Waals surface area contributed by atoms with E-state index >= 15 is 0 Å². The molecule has 170 valence electrons. The topological polar surface area (TPSA) is 20.3 Å². The van der Waals surface area contributed by atoms with Crippen LogP contribution in [0.25, 0.3) is 0 Å². The average molecular weight is 550 g/mol. The van der Waals surface area contributed by atoms with E-state index in [1.807, 2.05) is 0 Å². The predicted molar refractivity (Wildman–Crippen MR) is 115 cm³/mol. The van der Waals surface area contributed by atoms with Gasteiger partial charge in [0, 0.05) is 0 Å². The van der Waals surface area contributed by atoms with E-state index < -0.39 is 0 Å². The summed E-state index contributed by atoms with van der Waals surface area (Å²) in [7, 11) is 0.385. The van der Waals surface area contributed by atoms with E-state index in [0.717, 1.165) is 19.4 Å². The molecule has 0 atom stereocenters. The summed E-state index contributed by atoms with van der Waals surface area (Å²) in [4.78, 5) is 12.4. The minimum absolute atomic E-state index is 0. The van der Waals surface area contributed by atoms with Crippen molar-refractivity contribution in [1.82, 2.24) is 4.90 Å². The molecular formula is C23H40Cl2NOPRu. The van der Waals surface area contributed by atoms with Crippen LogP contribution in [0.15, 0.2) is 0 Å². The Morgan fingerprint density at radius 1 is 0.690 bits per heavy atom. The van der Waals surface area contributed by atoms with Crippen LogP contribution in [0.1, 0.15) is 109 Å². The molecule has 0 unspecified atom stereocenters. The number of carbonyl (C=O) groups is 1. The molecule has 0 bridgehead atoms. The van der Waals surface area contributed by atoms with E-state index in [2.05, 4.69) is 17.9 Å². The van der Waals surface area contributed by atoms with Crippen molar-refractivity contribution in [2.75, 3.05) is 6.54 Å². The van der Waals surface area contributed by atoms with Crippen LogP contribution >= 0.6 is 7.92 Å². The van der Waals surface area contributed by atoms with Gasteiger partial charge in [-0.1, -0.05) is 65.7 Å². The summed E-state index contributed by atoms with van der Waals surface area (Å²) in [5.74, 6) is 0.253. The Bertz CT molecular complexity index is 421. The summed E-state index contributed by atoms with van der Waals surface area (Å²) in [5.41, 5.74) is 3.57. The number of amides is 1. The number of halogens is 2. The Balaban J connectivity index is 0.000000360. The first-order valence-corrected chi connectivity index (χ1v) is 14.3. The third kappa shape index (κ3) is 8.79. The van der Waals surface area contributed by atoms with E-state index in [1.54, 1.807) is 86.7 Å². The molecule has 2 nitrogen and oxygen atoms in total. The summed E-state index contributed by atoms with van der Waals surface area (Å²) in [6.07, 6.45) is 25.4. The van der Waals surface area contributed by atoms with Gasteiger partial charge in [-0.05, 0) is 55.5 Å². The Morgan fingerprint density at radius 3 is 1.31 bits per heavy atom. The van der Waals surface area contributed by atoms with Crippen molar-refractivity contribution < 1.29 is 47.5 Å². The van der Waals surface area contributed by atoms with E-state index in [0.29, 0.717) is 7.92 Å². The normalized spacial score (nSPS) is 24.3. The van der Waals surface area contributed by atoms with Crippen LogP contribution in [-0.4, -0.2) is 39.1 Å². The van der Waals surface area contributed by atoms with Crippen molar-refractivity contribution in [2.45, 2.75) is 126 Å². The molecular weight excluding hydrogens is 509 g/mol. The maximum absolute atomic E-state index is 10.7. The SMILES string of the molecule is C1CCC(P(C2CCCCC2)C2CCCCC2)CC1.O=C1CCCN1[CH]=[Ru+2].[Cl-].[Cl-]. The average Bonchev–Trinajstić information content (AvgIpc) is 3.16. The summed E-state index contributed by atoms with van der Waals surface area (Å²) < 4.78 is 1.77. The first-order chi connectivity index (χ1) is 13.3. The molecule has 0 aromatic rings. The third-order valence-corrected chi connectivity index (χ3v) is 11.8. The molecule has 0 spiro atoms. The molecule has 1 heterocycles. The quantitative estimate of drug-likeness (QED) is 0.367. The smallest absolute Gasteiger partial charge is 1.00 e. The van der Waals surface area contributed by atoms with Crippen LogP contribution in [0.3, 0.4) is 0 Å². The fraction of sp³-hybridized carbons (Fsp3) is 0.913. The zero-order valence-electron chi connectivity index (χ0n) is 17.9. The Kier molecular flexibility index (Phi) is 15.2. The van der Waals surface area contributed by atoms with Crippen molar-refractivity contribution in [2.24, 2.45) is 0 Å². The number of rotatable bonds is 4. The zero-order valence-corrected chi connectivity index (χ0v) is 22.1. The molecule has 4 fully saturated rings. The third-order valence-electron chi connectivity index (χ3n) is 7.21. The molecule has 3 saturated carbocycles. The predicted octanol–water partition coefficient (Wildman–Crippen LogP) is 0.390. The molecule has 3 aliphatic carbocycles. The maximum atomic E-state index is 10.7. The molecule has 1 aliphatic heterocycles. The van der Waals surface area contributed by atoms with Crippen molar-refractivity contribution in [3.8, 4) is 0 Å². The largest absolute Gasteiger partial charge is 1.00 e. The van der Waals surface area contributed by atoms with Crippen molar-refractivity contribution in [3.63, 3.8) is 0 Å². The van der Waals surface area contributed by atoms with Gasteiger partial charge in [-0.3, -0.25) is 0 Å². The Hall–Kier alpha value is 0.973. The van der Waals surface area contributed by atoms with Gasteiger partial charge in [0.15, 0.2) is 0 Å². The zero-order chi connectivity index (χ0) is 18.9. The van der Waals surface area contributed by atoms with E-state index in [9.17, 15) is 4.79 Å². The van der Waals surface area contributed by atoms with Crippen molar-refractivity contribution in [1.29, 1.82) is 0 Å². The van der Waals surface area contributed by atoms with Crippen LogP contribution in [-0.2, 0) is 22.6 Å². The number of hydrogen-bond donors (Lipinski definition) is 0. The molecule has 4 rings (SSSR count). The molecule has 0 aromatic carbocycles. The van der Waals surface area contributed by atoms with Gasteiger partial charge in [-0.2, -0.15) is 0 Å². The van der Waals surface area contributed by atoms with Gasteiger partial charge in [0.25, 0.3) is 0 Å². The molecule has 0 aromatic heterocycles. The minimum Gasteiger partial charge on any atom is -1.00 e. The van der Waals surface area contributed by atoms with Gasteiger partial charge in [-0.15, -0.1) is 0 Å². The maximum Gasteiger partial charge on any atom is -1.00 e. The second-order valence-corrected chi connectivity index (χ2v) is 12.6. The van der Waals surface area contributed by atoms with Gasteiger partial charge >= 0.3 is 57.6 Å². The van der Waals surface area contributed by atoms with Gasteiger partial charge in [-0.25, -0.2) is 0 Å². The van der Waals surface area contributed by atoms with E-state index in [4.69, 9.17) is 0 Å². The second-order valence-electron chi connectivity index (χ2n) is 9.10. The van der Waals surface area contributed by atoms with Crippen LogP contribution in [0.2, 0.25) is 0 Å². The van der Waals surface area contributed by atoms with Crippen LogP contribution in [0.4, 0.5) is 0 Å². The van der Waals surface area contributed by atoms with Crippen molar-refractivity contribution in [3.05, 3.63) is 0 Å². The first-order valence-electron chi connectivity index (χ1n) is 11.8. The monoisotopic (exact) mass is 549 g/mol. The summed E-state index contributed by atoms with van der Waals surface area (Å²) in [6, 6.07) is 0. The fourth-order valence-corrected chi connectivity index (χ4v) is 10.9. The molecule has 6 heteroatoms. The van der Waals surface area contributed by atoms with Crippen LogP contribution in [0.5, 0.6) is 0 Å².